The molecule has 0 saturated carbocycles. The lowest BCUT2D eigenvalue weighted by Gasteiger charge is -2.05. The van der Waals surface area contributed by atoms with Crippen molar-refractivity contribution >= 4 is 29.0 Å². The van der Waals surface area contributed by atoms with Crippen LogP contribution in [0.25, 0.3) is 11.5 Å². The number of thioether (sulfide) groups is 1. The molecule has 0 aliphatic carbocycles. The number of halogens is 1. The van der Waals surface area contributed by atoms with Crippen LogP contribution >= 0.6 is 23.1 Å². The van der Waals surface area contributed by atoms with E-state index in [0.717, 1.165) is 5.56 Å². The van der Waals surface area contributed by atoms with Gasteiger partial charge < -0.3 is 19.2 Å². The van der Waals surface area contributed by atoms with Crippen LogP contribution in [0, 0.1) is 5.82 Å². The summed E-state index contributed by atoms with van der Waals surface area (Å²) in [6.45, 7) is 0.266. The zero-order chi connectivity index (χ0) is 23.2. The summed E-state index contributed by atoms with van der Waals surface area (Å²) in [6, 6.07) is 11.2. The van der Waals surface area contributed by atoms with Crippen molar-refractivity contribution < 1.29 is 23.1 Å². The van der Waals surface area contributed by atoms with Crippen LogP contribution in [0.4, 0.5) is 4.39 Å². The van der Waals surface area contributed by atoms with Crippen molar-refractivity contribution in [3.8, 4) is 23.0 Å². The van der Waals surface area contributed by atoms with Crippen molar-refractivity contribution in [1.29, 1.82) is 0 Å². The number of nitrogens with zero attached hydrogens (tertiary/aromatic N) is 4. The first kappa shape index (κ1) is 22.7. The van der Waals surface area contributed by atoms with Gasteiger partial charge in [0.05, 0.1) is 20.0 Å². The summed E-state index contributed by atoms with van der Waals surface area (Å²) in [4.78, 5) is 12.3. The first-order valence-electron chi connectivity index (χ1n) is 9.59. The highest BCUT2D eigenvalue weighted by Crippen LogP contribution is 2.31. The number of rotatable bonds is 9. The highest BCUT2D eigenvalue weighted by molar-refractivity contribution is 7.98. The molecule has 0 saturated heterocycles. The van der Waals surface area contributed by atoms with Gasteiger partial charge in [-0.3, -0.25) is 4.79 Å². The number of aromatic nitrogens is 4. The molecule has 9 nitrogen and oxygen atoms in total. The molecule has 4 aromatic rings. The number of methoxy groups -OCH3 is 2. The summed E-state index contributed by atoms with van der Waals surface area (Å²) in [7, 11) is 3.13. The maximum atomic E-state index is 13.0. The third-order valence-corrected chi connectivity index (χ3v) is 6.29. The molecule has 33 heavy (non-hydrogen) atoms. The number of nitrogens with one attached hydrogen (secondary N) is 1. The highest BCUT2D eigenvalue weighted by atomic mass is 32.2. The summed E-state index contributed by atoms with van der Waals surface area (Å²) in [6.07, 6.45) is 0. The van der Waals surface area contributed by atoms with Gasteiger partial charge in [-0.05, 0) is 29.8 Å². The average Bonchev–Trinajstić information content (AvgIpc) is 3.52. The van der Waals surface area contributed by atoms with Gasteiger partial charge in [-0.15, -0.1) is 20.4 Å². The van der Waals surface area contributed by atoms with E-state index < -0.39 is 0 Å². The molecular formula is C21H18FN5O4S2. The molecule has 0 fully saturated rings. The third-order valence-electron chi connectivity index (χ3n) is 4.35. The summed E-state index contributed by atoms with van der Waals surface area (Å²) in [5, 5.41) is 20.1. The summed E-state index contributed by atoms with van der Waals surface area (Å²) in [5.41, 5.74) is 1.45. The number of amides is 1. The highest BCUT2D eigenvalue weighted by Gasteiger charge is 2.16. The minimum absolute atomic E-state index is 0.238. The second kappa shape index (κ2) is 10.4. The molecule has 12 heteroatoms. The number of hydrogen-bond acceptors (Lipinski definition) is 10. The van der Waals surface area contributed by atoms with Crippen molar-refractivity contribution in [1.82, 2.24) is 25.7 Å². The topological polar surface area (TPSA) is 112 Å². The van der Waals surface area contributed by atoms with E-state index in [9.17, 15) is 9.18 Å². The van der Waals surface area contributed by atoms with Crippen molar-refractivity contribution in [3.05, 3.63) is 63.9 Å². The van der Waals surface area contributed by atoms with Gasteiger partial charge in [0, 0.05) is 18.2 Å². The van der Waals surface area contributed by atoms with Crippen LogP contribution in [-0.2, 0) is 12.3 Å². The van der Waals surface area contributed by atoms with E-state index in [4.69, 9.17) is 13.9 Å². The van der Waals surface area contributed by atoms with Crippen molar-refractivity contribution in [2.24, 2.45) is 0 Å². The van der Waals surface area contributed by atoms with Gasteiger partial charge in [-0.25, -0.2) is 4.39 Å². The van der Waals surface area contributed by atoms with E-state index >= 15 is 0 Å². The number of benzene rings is 2. The Morgan fingerprint density at radius 2 is 1.79 bits per heavy atom. The van der Waals surface area contributed by atoms with E-state index in [0.29, 0.717) is 38.9 Å². The largest absolute Gasteiger partial charge is 0.497 e. The molecule has 2 aromatic carbocycles. The second-order valence-electron chi connectivity index (χ2n) is 6.57. The lowest BCUT2D eigenvalue weighted by Crippen LogP contribution is -2.22. The lowest BCUT2D eigenvalue weighted by atomic mass is 10.2. The molecule has 0 aliphatic rings. The Morgan fingerprint density at radius 1 is 1.06 bits per heavy atom. The van der Waals surface area contributed by atoms with Crippen LogP contribution in [-0.4, -0.2) is 40.5 Å². The number of carbonyl (C=O) groups excluding carboxylic acids is 1. The number of carbonyl (C=O) groups is 1. The zero-order valence-corrected chi connectivity index (χ0v) is 19.2. The molecule has 2 aromatic heterocycles. The van der Waals surface area contributed by atoms with Crippen LogP contribution in [0.1, 0.15) is 20.4 Å². The van der Waals surface area contributed by atoms with Crippen LogP contribution in [0.3, 0.4) is 0 Å². The maximum Gasteiger partial charge on any atom is 0.282 e. The standard InChI is InChI=1S/C21H18FN5O4S2/c1-29-15-7-13(8-16(9-15)30-2)19-25-27-21(31-19)32-11-17-24-26-20(33-17)18(28)23-10-12-3-5-14(22)6-4-12/h3-9H,10-11H2,1-2H3,(H,23,28). The molecule has 0 spiro atoms. The molecule has 0 atom stereocenters. The minimum atomic E-state index is -0.347. The summed E-state index contributed by atoms with van der Waals surface area (Å²) in [5.74, 6) is 1.28. The molecule has 2 heterocycles. The second-order valence-corrected chi connectivity index (χ2v) is 8.56. The van der Waals surface area contributed by atoms with E-state index in [1.165, 1.54) is 35.2 Å². The normalized spacial score (nSPS) is 10.8. The van der Waals surface area contributed by atoms with E-state index in [1.54, 1.807) is 44.6 Å². The summed E-state index contributed by atoms with van der Waals surface area (Å²) < 4.78 is 29.2. The minimum Gasteiger partial charge on any atom is -0.497 e. The van der Waals surface area contributed by atoms with Crippen LogP contribution in [0.5, 0.6) is 11.5 Å². The quantitative estimate of drug-likeness (QED) is 0.351. The van der Waals surface area contributed by atoms with Gasteiger partial charge in [0.25, 0.3) is 11.1 Å². The Bertz CT molecular complexity index is 1220. The molecule has 0 bridgehead atoms. The van der Waals surface area contributed by atoms with Crippen LogP contribution in [0.2, 0.25) is 0 Å². The number of ether oxygens (including phenoxy) is 2. The Hall–Kier alpha value is -3.51. The van der Waals surface area contributed by atoms with Crippen molar-refractivity contribution in [2.75, 3.05) is 14.2 Å². The van der Waals surface area contributed by atoms with Gasteiger partial charge in [-0.1, -0.05) is 35.2 Å². The van der Waals surface area contributed by atoms with Gasteiger partial charge in [0.2, 0.25) is 10.9 Å². The molecule has 0 radical (unpaired) electrons. The Balaban J connectivity index is 1.34. The fraction of sp³-hybridized carbons (Fsp3) is 0.190. The van der Waals surface area contributed by atoms with Gasteiger partial charge in [0.1, 0.15) is 22.3 Å². The monoisotopic (exact) mass is 487 g/mol. The molecular weight excluding hydrogens is 469 g/mol. The van der Waals surface area contributed by atoms with Gasteiger partial charge in [-0.2, -0.15) is 0 Å². The van der Waals surface area contributed by atoms with E-state index in [1.807, 2.05) is 0 Å². The van der Waals surface area contributed by atoms with Crippen LogP contribution < -0.4 is 14.8 Å². The number of hydrogen-bond donors (Lipinski definition) is 1. The first-order chi connectivity index (χ1) is 16.0. The fourth-order valence-corrected chi connectivity index (χ4v) is 4.21. The maximum absolute atomic E-state index is 13.0. The van der Waals surface area contributed by atoms with Gasteiger partial charge in [0.15, 0.2) is 0 Å². The predicted octanol–water partition coefficient (Wildman–Crippen LogP) is 3.97. The van der Waals surface area contributed by atoms with Crippen LogP contribution in [0.15, 0.2) is 52.1 Å². The molecule has 1 amide bonds. The van der Waals surface area contributed by atoms with E-state index in [2.05, 4.69) is 25.7 Å². The molecule has 4 rings (SSSR count). The average molecular weight is 488 g/mol. The summed E-state index contributed by atoms with van der Waals surface area (Å²) >= 11 is 2.46. The Morgan fingerprint density at radius 3 is 2.48 bits per heavy atom. The molecule has 0 aliphatic heterocycles. The molecule has 1 N–H and O–H groups in total. The zero-order valence-electron chi connectivity index (χ0n) is 17.6. The van der Waals surface area contributed by atoms with Crippen molar-refractivity contribution in [2.45, 2.75) is 17.5 Å². The molecule has 170 valence electrons. The Kier molecular flexibility index (Phi) is 7.15. The van der Waals surface area contributed by atoms with E-state index in [-0.39, 0.29) is 23.3 Å². The van der Waals surface area contributed by atoms with Gasteiger partial charge >= 0.3 is 0 Å². The SMILES string of the molecule is COc1cc(OC)cc(-c2nnc(SCc3nnc(C(=O)NCc4ccc(F)cc4)s3)o2)c1. The Labute approximate surface area is 196 Å². The smallest absolute Gasteiger partial charge is 0.282 e. The third kappa shape index (κ3) is 5.84. The van der Waals surface area contributed by atoms with Crippen molar-refractivity contribution in [3.63, 3.8) is 0 Å². The predicted molar refractivity (Wildman–Crippen MR) is 120 cm³/mol. The fourth-order valence-electron chi connectivity index (χ4n) is 2.70. The lowest BCUT2D eigenvalue weighted by molar-refractivity contribution is 0.0950. The molecule has 0 unspecified atom stereocenters. The first-order valence-corrected chi connectivity index (χ1v) is 11.4.